The standard InChI is InChI=1S/C15H13F2N3O/c1-21-10-5-12(16)11(13(17)6-10)3-2-9-4-14-15(18-7-9)20-8-19-14/h4-8H,2-3H2,1H3,(H,18,19,20). The maximum Gasteiger partial charge on any atom is 0.177 e. The molecule has 0 spiro atoms. The fourth-order valence-corrected chi connectivity index (χ4v) is 2.22. The van der Waals surface area contributed by atoms with Gasteiger partial charge in [0.1, 0.15) is 17.4 Å². The van der Waals surface area contributed by atoms with Crippen LogP contribution in [0.1, 0.15) is 11.1 Å². The number of aromatic amines is 1. The van der Waals surface area contributed by atoms with Gasteiger partial charge in [0, 0.05) is 23.9 Å². The number of nitrogens with one attached hydrogen (secondary N) is 1. The molecule has 3 rings (SSSR count). The van der Waals surface area contributed by atoms with Gasteiger partial charge in [-0.3, -0.25) is 0 Å². The molecule has 0 amide bonds. The molecule has 1 aromatic carbocycles. The number of H-pyrrole nitrogens is 1. The minimum absolute atomic E-state index is 0.0560. The lowest BCUT2D eigenvalue weighted by atomic mass is 10.0. The fourth-order valence-electron chi connectivity index (χ4n) is 2.22. The van der Waals surface area contributed by atoms with Crippen molar-refractivity contribution in [2.24, 2.45) is 0 Å². The molecule has 3 aromatic rings. The number of aryl methyl sites for hydroxylation is 1. The van der Waals surface area contributed by atoms with E-state index in [0.717, 1.165) is 11.1 Å². The molecule has 0 saturated carbocycles. The number of pyridine rings is 1. The third-order valence-corrected chi connectivity index (χ3v) is 3.34. The van der Waals surface area contributed by atoms with Crippen molar-refractivity contribution < 1.29 is 13.5 Å². The minimum Gasteiger partial charge on any atom is -0.497 e. The topological polar surface area (TPSA) is 50.8 Å². The average Bonchev–Trinajstić information content (AvgIpc) is 2.93. The molecular weight excluding hydrogens is 276 g/mol. The number of ether oxygens (including phenoxy) is 1. The Labute approximate surface area is 119 Å². The molecule has 0 radical (unpaired) electrons. The van der Waals surface area contributed by atoms with Gasteiger partial charge in [-0.15, -0.1) is 0 Å². The van der Waals surface area contributed by atoms with Crippen molar-refractivity contribution >= 4 is 11.2 Å². The van der Waals surface area contributed by atoms with E-state index in [1.54, 1.807) is 12.5 Å². The van der Waals surface area contributed by atoms with Crippen molar-refractivity contribution in [1.29, 1.82) is 0 Å². The number of nitrogens with zero attached hydrogens (tertiary/aromatic N) is 2. The number of fused-ring (bicyclic) bond motifs is 1. The Morgan fingerprint density at radius 2 is 1.86 bits per heavy atom. The summed E-state index contributed by atoms with van der Waals surface area (Å²) in [4.78, 5) is 11.2. The summed E-state index contributed by atoms with van der Waals surface area (Å²) in [5.74, 6) is -1.01. The quantitative estimate of drug-likeness (QED) is 0.803. The third kappa shape index (κ3) is 2.69. The first-order valence-corrected chi connectivity index (χ1v) is 6.47. The molecule has 0 aliphatic rings. The maximum absolute atomic E-state index is 13.9. The normalized spacial score (nSPS) is 11.0. The highest BCUT2D eigenvalue weighted by Gasteiger charge is 2.12. The van der Waals surface area contributed by atoms with Gasteiger partial charge in [0.2, 0.25) is 0 Å². The van der Waals surface area contributed by atoms with E-state index in [1.165, 1.54) is 19.2 Å². The summed E-state index contributed by atoms with van der Waals surface area (Å²) in [6, 6.07) is 4.26. The summed E-state index contributed by atoms with van der Waals surface area (Å²) in [5.41, 5.74) is 2.38. The predicted octanol–water partition coefficient (Wildman–Crippen LogP) is 3.03. The lowest BCUT2D eigenvalue weighted by Gasteiger charge is -2.07. The van der Waals surface area contributed by atoms with Crippen LogP contribution in [-0.2, 0) is 12.8 Å². The second kappa shape index (κ2) is 5.47. The van der Waals surface area contributed by atoms with Crippen LogP contribution in [0, 0.1) is 11.6 Å². The van der Waals surface area contributed by atoms with Crippen LogP contribution in [0.4, 0.5) is 8.78 Å². The smallest absolute Gasteiger partial charge is 0.177 e. The van der Waals surface area contributed by atoms with E-state index < -0.39 is 11.6 Å². The molecule has 108 valence electrons. The third-order valence-electron chi connectivity index (χ3n) is 3.34. The summed E-state index contributed by atoms with van der Waals surface area (Å²) in [5, 5.41) is 0. The van der Waals surface area contributed by atoms with Gasteiger partial charge >= 0.3 is 0 Å². The summed E-state index contributed by atoms with van der Waals surface area (Å²) in [7, 11) is 1.37. The first-order valence-electron chi connectivity index (χ1n) is 6.47. The van der Waals surface area contributed by atoms with E-state index in [1.807, 2.05) is 6.07 Å². The van der Waals surface area contributed by atoms with Crippen LogP contribution in [0.15, 0.2) is 30.7 Å². The highest BCUT2D eigenvalue weighted by atomic mass is 19.1. The Balaban J connectivity index is 1.81. The number of benzene rings is 1. The Bertz CT molecular complexity index is 762. The van der Waals surface area contributed by atoms with Gasteiger partial charge in [-0.25, -0.2) is 18.7 Å². The lowest BCUT2D eigenvalue weighted by molar-refractivity contribution is 0.405. The number of halogens is 2. The second-order valence-corrected chi connectivity index (χ2v) is 4.69. The van der Waals surface area contributed by atoms with Crippen LogP contribution in [-0.4, -0.2) is 22.1 Å². The molecule has 0 atom stereocenters. The van der Waals surface area contributed by atoms with Crippen molar-refractivity contribution in [3.63, 3.8) is 0 Å². The number of methoxy groups -OCH3 is 1. The zero-order chi connectivity index (χ0) is 14.8. The van der Waals surface area contributed by atoms with Crippen LogP contribution in [0.25, 0.3) is 11.2 Å². The van der Waals surface area contributed by atoms with Crippen molar-refractivity contribution in [2.75, 3.05) is 7.11 Å². The van der Waals surface area contributed by atoms with Gasteiger partial charge in [-0.05, 0) is 24.5 Å². The van der Waals surface area contributed by atoms with Gasteiger partial charge < -0.3 is 9.72 Å². The van der Waals surface area contributed by atoms with Gasteiger partial charge in [0.15, 0.2) is 5.65 Å². The maximum atomic E-state index is 13.9. The van der Waals surface area contributed by atoms with Crippen LogP contribution < -0.4 is 4.74 Å². The van der Waals surface area contributed by atoms with Crippen LogP contribution in [0.3, 0.4) is 0 Å². The fraction of sp³-hybridized carbons (Fsp3) is 0.200. The number of aromatic nitrogens is 3. The number of hydrogen-bond acceptors (Lipinski definition) is 3. The first kappa shape index (κ1) is 13.5. The minimum atomic E-state index is -0.595. The van der Waals surface area contributed by atoms with Crippen LogP contribution in [0.5, 0.6) is 5.75 Å². The number of hydrogen-bond donors (Lipinski definition) is 1. The van der Waals surface area contributed by atoms with E-state index in [-0.39, 0.29) is 17.7 Å². The zero-order valence-corrected chi connectivity index (χ0v) is 11.4. The Morgan fingerprint density at radius 1 is 1.10 bits per heavy atom. The highest BCUT2D eigenvalue weighted by Crippen LogP contribution is 2.22. The molecule has 0 fully saturated rings. The lowest BCUT2D eigenvalue weighted by Crippen LogP contribution is -2.00. The predicted molar refractivity (Wildman–Crippen MR) is 74.2 cm³/mol. The van der Waals surface area contributed by atoms with E-state index in [0.29, 0.717) is 12.1 Å². The van der Waals surface area contributed by atoms with Crippen LogP contribution in [0.2, 0.25) is 0 Å². The monoisotopic (exact) mass is 289 g/mol. The van der Waals surface area contributed by atoms with Crippen molar-refractivity contribution in [2.45, 2.75) is 12.8 Å². The summed E-state index contributed by atoms with van der Waals surface area (Å²) in [6.07, 6.45) is 3.97. The van der Waals surface area contributed by atoms with E-state index >= 15 is 0 Å². The van der Waals surface area contributed by atoms with Crippen molar-refractivity contribution in [3.05, 3.63) is 53.5 Å². The largest absolute Gasteiger partial charge is 0.497 e. The first-order chi connectivity index (χ1) is 10.2. The summed E-state index contributed by atoms with van der Waals surface area (Å²) >= 11 is 0. The summed E-state index contributed by atoms with van der Waals surface area (Å²) in [6.45, 7) is 0. The molecule has 6 heteroatoms. The molecule has 21 heavy (non-hydrogen) atoms. The average molecular weight is 289 g/mol. The molecule has 0 unspecified atom stereocenters. The number of rotatable bonds is 4. The molecule has 2 aromatic heterocycles. The van der Waals surface area contributed by atoms with Gasteiger partial charge in [0.25, 0.3) is 0 Å². The van der Waals surface area contributed by atoms with Crippen molar-refractivity contribution in [3.8, 4) is 5.75 Å². The Kier molecular flexibility index (Phi) is 3.51. The Morgan fingerprint density at radius 3 is 2.57 bits per heavy atom. The van der Waals surface area contributed by atoms with Gasteiger partial charge in [-0.1, -0.05) is 0 Å². The summed E-state index contributed by atoms with van der Waals surface area (Å²) < 4.78 is 32.5. The van der Waals surface area contributed by atoms with Crippen molar-refractivity contribution in [1.82, 2.24) is 15.0 Å². The van der Waals surface area contributed by atoms with Crippen LogP contribution >= 0.6 is 0 Å². The molecule has 0 aliphatic heterocycles. The Hall–Kier alpha value is -2.50. The molecular formula is C15H13F2N3O. The second-order valence-electron chi connectivity index (χ2n) is 4.69. The number of imidazole rings is 1. The van der Waals surface area contributed by atoms with Gasteiger partial charge in [-0.2, -0.15) is 0 Å². The SMILES string of the molecule is COc1cc(F)c(CCc2cnc3nc[nH]c3c2)c(F)c1. The van der Waals surface area contributed by atoms with E-state index in [4.69, 9.17) is 4.74 Å². The molecule has 0 saturated heterocycles. The molecule has 0 bridgehead atoms. The molecule has 4 nitrogen and oxygen atoms in total. The zero-order valence-electron chi connectivity index (χ0n) is 11.4. The van der Waals surface area contributed by atoms with E-state index in [9.17, 15) is 8.78 Å². The molecule has 1 N–H and O–H groups in total. The van der Waals surface area contributed by atoms with Gasteiger partial charge in [0.05, 0.1) is 19.0 Å². The molecule has 2 heterocycles. The molecule has 0 aliphatic carbocycles. The van der Waals surface area contributed by atoms with E-state index in [2.05, 4.69) is 15.0 Å². The highest BCUT2D eigenvalue weighted by molar-refractivity contribution is 5.70.